The van der Waals surface area contributed by atoms with Gasteiger partial charge in [0.1, 0.15) is 17.0 Å². The number of hydrogen-bond donors (Lipinski definition) is 2. The lowest BCUT2D eigenvalue weighted by Crippen LogP contribution is -2.28. The summed E-state index contributed by atoms with van der Waals surface area (Å²) in [6.45, 7) is -0.102. The van der Waals surface area contributed by atoms with Gasteiger partial charge in [0, 0.05) is 7.05 Å². The zero-order valence-electron chi connectivity index (χ0n) is 10.6. The van der Waals surface area contributed by atoms with E-state index >= 15 is 0 Å². The first-order valence-corrected chi connectivity index (χ1v) is 8.09. The molecule has 0 aliphatic heterocycles. The van der Waals surface area contributed by atoms with Crippen LogP contribution in [-0.2, 0) is 16.6 Å². The number of nitrogens with zero attached hydrogens (tertiary/aromatic N) is 3. The molecule has 0 bridgehead atoms. The van der Waals surface area contributed by atoms with Crippen molar-refractivity contribution in [3.8, 4) is 0 Å². The molecule has 3 N–H and O–H groups in total. The average Bonchev–Trinajstić information content (AvgIpc) is 2.93. The molecule has 0 aliphatic rings. The highest BCUT2D eigenvalue weighted by Gasteiger charge is 2.28. The molecule has 7 nitrogen and oxygen atoms in total. The summed E-state index contributed by atoms with van der Waals surface area (Å²) in [5, 5.41) is 6.13. The van der Waals surface area contributed by atoms with Gasteiger partial charge in [-0.05, 0) is 22.0 Å². The minimum Gasteiger partial charge on any atom is -0.395 e. The Morgan fingerprint density at radius 3 is 2.81 bits per heavy atom. The minimum atomic E-state index is -4.12. The van der Waals surface area contributed by atoms with E-state index in [1.165, 1.54) is 13.4 Å². The molecule has 1 aromatic carbocycles. The van der Waals surface area contributed by atoms with E-state index in [1.807, 2.05) is 0 Å². The van der Waals surface area contributed by atoms with Crippen LogP contribution >= 0.6 is 27.5 Å². The number of nitrogens with one attached hydrogen (secondary N) is 1. The average molecular weight is 399 g/mol. The monoisotopic (exact) mass is 397 g/mol. The number of nitrogen functional groups attached to an aromatic ring is 1. The second kappa shape index (κ2) is 5.87. The molecule has 1 heterocycles. The Bertz CT molecular complexity index is 768. The number of aromatic amines is 1. The van der Waals surface area contributed by atoms with Crippen LogP contribution in [-0.4, -0.2) is 35.0 Å². The van der Waals surface area contributed by atoms with Crippen molar-refractivity contribution in [3.05, 3.63) is 33.5 Å². The summed E-state index contributed by atoms with van der Waals surface area (Å²) in [6.07, 6.45) is 1.24. The second-order valence-corrected chi connectivity index (χ2v) is 7.30. The molecule has 21 heavy (non-hydrogen) atoms. The zero-order valence-corrected chi connectivity index (χ0v) is 13.8. The van der Waals surface area contributed by atoms with Gasteiger partial charge in [-0.1, -0.05) is 11.6 Å². The maximum Gasteiger partial charge on any atom is 0.246 e. The highest BCUT2D eigenvalue weighted by molar-refractivity contribution is 9.10. The smallest absolute Gasteiger partial charge is 0.246 e. The van der Waals surface area contributed by atoms with Crippen molar-refractivity contribution in [3.63, 3.8) is 0 Å². The summed E-state index contributed by atoms with van der Waals surface area (Å²) >= 11 is 8.83. The fraction of sp³-hybridized carbons (Fsp3) is 0.200. The molecule has 0 unspecified atom stereocenters. The van der Waals surface area contributed by atoms with Gasteiger partial charge in [0.2, 0.25) is 10.0 Å². The molecular weight excluding hydrogens is 389 g/mol. The molecule has 0 atom stereocenters. The number of sulfonamides is 1. The third-order valence-electron chi connectivity index (χ3n) is 2.68. The first kappa shape index (κ1) is 16.1. The maximum atomic E-state index is 14.1. The summed E-state index contributed by atoms with van der Waals surface area (Å²) in [4.78, 5) is 3.21. The zero-order chi connectivity index (χ0) is 15.8. The van der Waals surface area contributed by atoms with Gasteiger partial charge in [-0.15, -0.1) is 0 Å². The third kappa shape index (κ3) is 3.03. The Hall–Kier alpha value is -1.23. The van der Waals surface area contributed by atoms with Crippen LogP contribution in [0.1, 0.15) is 5.82 Å². The van der Waals surface area contributed by atoms with Crippen LogP contribution in [0.5, 0.6) is 0 Å². The highest BCUT2D eigenvalue weighted by atomic mass is 79.9. The summed E-state index contributed by atoms with van der Waals surface area (Å²) in [5.74, 6) is -0.742. The quantitative estimate of drug-likeness (QED) is 0.603. The van der Waals surface area contributed by atoms with Crippen molar-refractivity contribution >= 4 is 43.2 Å². The molecule has 0 amide bonds. The predicted molar refractivity (Wildman–Crippen MR) is 78.6 cm³/mol. The van der Waals surface area contributed by atoms with E-state index in [0.717, 1.165) is 10.4 Å². The largest absolute Gasteiger partial charge is 0.395 e. The van der Waals surface area contributed by atoms with Crippen LogP contribution in [0.4, 0.5) is 10.1 Å². The van der Waals surface area contributed by atoms with Crippen LogP contribution in [0.15, 0.2) is 21.8 Å². The van der Waals surface area contributed by atoms with Gasteiger partial charge in [0.05, 0.1) is 21.7 Å². The molecule has 0 saturated heterocycles. The van der Waals surface area contributed by atoms with Gasteiger partial charge in [-0.2, -0.15) is 9.40 Å². The van der Waals surface area contributed by atoms with Crippen LogP contribution in [0.2, 0.25) is 5.02 Å². The molecule has 0 fully saturated rings. The van der Waals surface area contributed by atoms with E-state index in [4.69, 9.17) is 17.3 Å². The lowest BCUT2D eigenvalue weighted by Gasteiger charge is -2.17. The lowest BCUT2D eigenvalue weighted by molar-refractivity contribution is 0.451. The number of H-pyrrole nitrogens is 1. The molecule has 114 valence electrons. The number of halogens is 3. The Morgan fingerprint density at radius 2 is 2.24 bits per heavy atom. The van der Waals surface area contributed by atoms with E-state index in [-0.39, 0.29) is 21.7 Å². The van der Waals surface area contributed by atoms with E-state index in [2.05, 4.69) is 31.1 Å². The number of nitrogens with two attached hydrogens (primary N) is 1. The van der Waals surface area contributed by atoms with Crippen molar-refractivity contribution < 1.29 is 12.8 Å². The molecule has 0 radical (unpaired) electrons. The molecule has 2 aromatic rings. The molecule has 0 spiro atoms. The van der Waals surface area contributed by atoms with Gasteiger partial charge in [-0.25, -0.2) is 17.8 Å². The van der Waals surface area contributed by atoms with Crippen LogP contribution in [0.25, 0.3) is 0 Å². The molecular formula is C10H10BrClFN5O2S. The van der Waals surface area contributed by atoms with Gasteiger partial charge >= 0.3 is 0 Å². The Morgan fingerprint density at radius 1 is 1.57 bits per heavy atom. The van der Waals surface area contributed by atoms with Gasteiger partial charge in [0.15, 0.2) is 5.82 Å². The molecule has 0 saturated carbocycles. The first-order chi connectivity index (χ1) is 9.75. The predicted octanol–water partition coefficient (Wildman–Crippen LogP) is 1.76. The molecule has 0 aliphatic carbocycles. The van der Waals surface area contributed by atoms with Crippen molar-refractivity contribution in [2.24, 2.45) is 0 Å². The standard InChI is InChI=1S/C10H10BrClFN5O2S/c1-18(3-7-15-4-16-17-7)21(19,20)6-2-5(12)8(11)10(14)9(6)13/h2,4H,3,14H2,1H3,(H,15,16,17). The minimum absolute atomic E-state index is 0.000500. The Balaban J connectivity index is 2.44. The van der Waals surface area contributed by atoms with Crippen molar-refractivity contribution in [1.29, 1.82) is 0 Å². The van der Waals surface area contributed by atoms with Gasteiger partial charge in [0.25, 0.3) is 0 Å². The first-order valence-electron chi connectivity index (χ1n) is 5.48. The number of aromatic nitrogens is 3. The normalized spacial score (nSPS) is 12.0. The summed E-state index contributed by atoms with van der Waals surface area (Å²) in [5.41, 5.74) is 5.13. The van der Waals surface area contributed by atoms with Crippen LogP contribution < -0.4 is 5.73 Å². The molecule has 11 heteroatoms. The van der Waals surface area contributed by atoms with Crippen molar-refractivity contribution in [2.75, 3.05) is 12.8 Å². The maximum absolute atomic E-state index is 14.1. The van der Waals surface area contributed by atoms with Gasteiger partial charge < -0.3 is 5.73 Å². The number of hydrogen-bond acceptors (Lipinski definition) is 5. The Kier molecular flexibility index (Phi) is 4.51. The van der Waals surface area contributed by atoms with Crippen LogP contribution in [0, 0.1) is 5.82 Å². The van der Waals surface area contributed by atoms with E-state index in [9.17, 15) is 12.8 Å². The fourth-order valence-corrected chi connectivity index (χ4v) is 3.35. The highest BCUT2D eigenvalue weighted by Crippen LogP contribution is 2.35. The van der Waals surface area contributed by atoms with Crippen molar-refractivity contribution in [1.82, 2.24) is 19.5 Å². The SMILES string of the molecule is CN(Cc1ncn[nH]1)S(=O)(=O)c1cc(Cl)c(Br)c(N)c1F. The van der Waals surface area contributed by atoms with Crippen molar-refractivity contribution in [2.45, 2.75) is 11.4 Å². The second-order valence-electron chi connectivity index (χ2n) is 4.09. The molecule has 2 rings (SSSR count). The lowest BCUT2D eigenvalue weighted by atomic mass is 10.3. The molecule has 1 aromatic heterocycles. The number of anilines is 1. The fourth-order valence-electron chi connectivity index (χ4n) is 1.56. The summed E-state index contributed by atoms with van der Waals surface area (Å²) in [7, 11) is -2.84. The van der Waals surface area contributed by atoms with Gasteiger partial charge in [-0.3, -0.25) is 5.10 Å². The summed E-state index contributed by atoms with van der Waals surface area (Å²) in [6, 6.07) is 1.00. The van der Waals surface area contributed by atoms with E-state index in [0.29, 0.717) is 5.82 Å². The number of benzene rings is 1. The van der Waals surface area contributed by atoms with Crippen LogP contribution in [0.3, 0.4) is 0 Å². The van der Waals surface area contributed by atoms with E-state index in [1.54, 1.807) is 0 Å². The third-order valence-corrected chi connectivity index (χ3v) is 5.87. The van der Waals surface area contributed by atoms with E-state index < -0.39 is 20.7 Å². The topological polar surface area (TPSA) is 105 Å². The Labute approximate surface area is 133 Å². The summed E-state index contributed by atoms with van der Waals surface area (Å²) < 4.78 is 39.9. The number of rotatable bonds is 4.